The van der Waals surface area contributed by atoms with E-state index in [1.54, 1.807) is 0 Å². The molecular weight excluding hydrogens is 307 g/mol. The second-order valence-electron chi connectivity index (χ2n) is 6.94. The minimum atomic E-state index is -0.214. The standard InChI is InChI=1S/C18H21FN4O/c19-13-3-1-12(2-4-13)9-18(6-7-18)11-21-17(24)16-14-10-20-8-5-15(14)22-23-16/h1-4,20H,5-11H2,(H,21,24)(H,22,23). The van der Waals surface area contributed by atoms with Crippen molar-refractivity contribution in [3.63, 3.8) is 0 Å². The van der Waals surface area contributed by atoms with Crippen LogP contribution >= 0.6 is 0 Å². The number of hydrogen-bond acceptors (Lipinski definition) is 3. The van der Waals surface area contributed by atoms with Gasteiger partial charge in [-0.2, -0.15) is 5.10 Å². The molecule has 3 N–H and O–H groups in total. The van der Waals surface area contributed by atoms with E-state index in [9.17, 15) is 9.18 Å². The van der Waals surface area contributed by atoms with Gasteiger partial charge in [0.05, 0.1) is 0 Å². The Labute approximate surface area is 140 Å². The van der Waals surface area contributed by atoms with Gasteiger partial charge in [-0.05, 0) is 42.4 Å². The Morgan fingerprint density at radius 1 is 1.29 bits per heavy atom. The fourth-order valence-electron chi connectivity index (χ4n) is 3.39. The molecule has 4 rings (SSSR count). The lowest BCUT2D eigenvalue weighted by molar-refractivity contribution is 0.0938. The SMILES string of the molecule is O=C(NCC1(Cc2ccc(F)cc2)CC1)c1n[nH]c2c1CNCC2. The zero-order valence-corrected chi connectivity index (χ0v) is 13.5. The average molecular weight is 328 g/mol. The number of carbonyl (C=O) groups is 1. The van der Waals surface area contributed by atoms with Crippen LogP contribution in [0.2, 0.25) is 0 Å². The molecule has 24 heavy (non-hydrogen) atoms. The minimum Gasteiger partial charge on any atom is -0.350 e. The fourth-order valence-corrected chi connectivity index (χ4v) is 3.39. The number of nitrogens with zero attached hydrogens (tertiary/aromatic N) is 1. The monoisotopic (exact) mass is 328 g/mol. The van der Waals surface area contributed by atoms with Crippen LogP contribution in [-0.2, 0) is 19.4 Å². The van der Waals surface area contributed by atoms with Gasteiger partial charge in [0.1, 0.15) is 5.82 Å². The van der Waals surface area contributed by atoms with Crippen LogP contribution in [0.4, 0.5) is 4.39 Å². The number of halogens is 1. The van der Waals surface area contributed by atoms with Crippen LogP contribution in [-0.4, -0.2) is 29.2 Å². The van der Waals surface area contributed by atoms with E-state index in [1.807, 2.05) is 12.1 Å². The van der Waals surface area contributed by atoms with Crippen molar-refractivity contribution in [1.82, 2.24) is 20.8 Å². The topological polar surface area (TPSA) is 69.8 Å². The van der Waals surface area contributed by atoms with Crippen molar-refractivity contribution in [3.8, 4) is 0 Å². The Hall–Kier alpha value is -2.21. The van der Waals surface area contributed by atoms with Crippen LogP contribution < -0.4 is 10.6 Å². The first kappa shape index (κ1) is 15.3. The third kappa shape index (κ3) is 3.06. The van der Waals surface area contributed by atoms with Crippen molar-refractivity contribution in [1.29, 1.82) is 0 Å². The number of rotatable bonds is 5. The Morgan fingerprint density at radius 3 is 2.83 bits per heavy atom. The molecular formula is C18H21FN4O. The van der Waals surface area contributed by atoms with Crippen molar-refractivity contribution in [3.05, 3.63) is 52.6 Å². The van der Waals surface area contributed by atoms with Crippen LogP contribution in [0.15, 0.2) is 24.3 Å². The number of H-pyrrole nitrogens is 1. The quantitative estimate of drug-likeness (QED) is 0.786. The van der Waals surface area contributed by atoms with Gasteiger partial charge in [0.2, 0.25) is 0 Å². The molecule has 2 aromatic rings. The fraction of sp³-hybridized carbons (Fsp3) is 0.444. The summed E-state index contributed by atoms with van der Waals surface area (Å²) in [5, 5.41) is 13.5. The maximum absolute atomic E-state index is 13.0. The Balaban J connectivity index is 1.38. The minimum absolute atomic E-state index is 0.110. The van der Waals surface area contributed by atoms with Gasteiger partial charge >= 0.3 is 0 Å². The third-order valence-electron chi connectivity index (χ3n) is 5.09. The van der Waals surface area contributed by atoms with E-state index in [1.165, 1.54) is 12.1 Å². The molecule has 0 bridgehead atoms. The number of aromatic amines is 1. The van der Waals surface area contributed by atoms with Gasteiger partial charge in [-0.1, -0.05) is 12.1 Å². The van der Waals surface area contributed by atoms with Crippen molar-refractivity contribution < 1.29 is 9.18 Å². The predicted molar refractivity (Wildman–Crippen MR) is 88.1 cm³/mol. The molecule has 0 radical (unpaired) electrons. The molecule has 0 spiro atoms. The van der Waals surface area contributed by atoms with Gasteiger partial charge in [-0.25, -0.2) is 4.39 Å². The molecule has 0 unspecified atom stereocenters. The molecule has 1 aliphatic carbocycles. The number of aromatic nitrogens is 2. The number of amides is 1. The molecule has 5 nitrogen and oxygen atoms in total. The van der Waals surface area contributed by atoms with Crippen LogP contribution in [0.3, 0.4) is 0 Å². The molecule has 126 valence electrons. The average Bonchev–Trinajstić information content (AvgIpc) is 3.22. The molecule has 0 atom stereocenters. The molecule has 1 aromatic carbocycles. The van der Waals surface area contributed by atoms with E-state index in [-0.39, 0.29) is 17.1 Å². The Bertz CT molecular complexity index is 749. The van der Waals surface area contributed by atoms with Crippen molar-refractivity contribution in [2.24, 2.45) is 5.41 Å². The van der Waals surface area contributed by atoms with Crippen LogP contribution in [0.1, 0.15) is 40.2 Å². The maximum Gasteiger partial charge on any atom is 0.272 e. The van der Waals surface area contributed by atoms with E-state index in [2.05, 4.69) is 20.8 Å². The molecule has 1 saturated carbocycles. The summed E-state index contributed by atoms with van der Waals surface area (Å²) in [6, 6.07) is 6.64. The van der Waals surface area contributed by atoms with Gasteiger partial charge < -0.3 is 10.6 Å². The van der Waals surface area contributed by atoms with Gasteiger partial charge in [0.15, 0.2) is 5.69 Å². The summed E-state index contributed by atoms with van der Waals surface area (Å²) in [5.74, 6) is -0.324. The summed E-state index contributed by atoms with van der Waals surface area (Å²) in [4.78, 5) is 12.5. The molecule has 0 saturated heterocycles. The largest absolute Gasteiger partial charge is 0.350 e. The molecule has 1 fully saturated rings. The smallest absolute Gasteiger partial charge is 0.272 e. The van der Waals surface area contributed by atoms with E-state index < -0.39 is 0 Å². The highest BCUT2D eigenvalue weighted by atomic mass is 19.1. The normalized spacial score (nSPS) is 18.0. The first-order chi connectivity index (χ1) is 11.7. The number of fused-ring (bicyclic) bond motifs is 1. The zero-order valence-electron chi connectivity index (χ0n) is 13.5. The van der Waals surface area contributed by atoms with E-state index in [4.69, 9.17) is 0 Å². The highest BCUT2D eigenvalue weighted by molar-refractivity contribution is 5.94. The first-order valence-electron chi connectivity index (χ1n) is 8.45. The van der Waals surface area contributed by atoms with E-state index in [0.717, 1.165) is 49.0 Å². The van der Waals surface area contributed by atoms with E-state index >= 15 is 0 Å². The molecule has 1 amide bonds. The van der Waals surface area contributed by atoms with E-state index in [0.29, 0.717) is 18.8 Å². The lowest BCUT2D eigenvalue weighted by atomic mass is 9.96. The molecule has 1 aromatic heterocycles. The summed E-state index contributed by atoms with van der Waals surface area (Å²) in [7, 11) is 0. The second kappa shape index (κ2) is 6.02. The van der Waals surface area contributed by atoms with Crippen LogP contribution in [0.25, 0.3) is 0 Å². The third-order valence-corrected chi connectivity index (χ3v) is 5.09. The summed E-state index contributed by atoms with van der Waals surface area (Å²) in [6.07, 6.45) is 3.92. The highest BCUT2D eigenvalue weighted by Crippen LogP contribution is 2.47. The summed E-state index contributed by atoms with van der Waals surface area (Å²) in [5.41, 5.74) is 3.79. The highest BCUT2D eigenvalue weighted by Gasteiger charge is 2.42. The lowest BCUT2D eigenvalue weighted by Gasteiger charge is -2.17. The lowest BCUT2D eigenvalue weighted by Crippen LogP contribution is -2.33. The molecule has 6 heteroatoms. The number of hydrogen-bond donors (Lipinski definition) is 3. The van der Waals surface area contributed by atoms with Gasteiger partial charge in [-0.15, -0.1) is 0 Å². The van der Waals surface area contributed by atoms with Crippen molar-refractivity contribution in [2.75, 3.05) is 13.1 Å². The van der Waals surface area contributed by atoms with Crippen LogP contribution in [0.5, 0.6) is 0 Å². The van der Waals surface area contributed by atoms with Crippen LogP contribution in [0, 0.1) is 11.2 Å². The Morgan fingerprint density at radius 2 is 2.08 bits per heavy atom. The molecule has 2 aliphatic rings. The van der Waals surface area contributed by atoms with Crippen molar-refractivity contribution >= 4 is 5.91 Å². The van der Waals surface area contributed by atoms with Crippen molar-refractivity contribution in [2.45, 2.75) is 32.2 Å². The van der Waals surface area contributed by atoms with Gasteiger partial charge in [0, 0.05) is 37.3 Å². The maximum atomic E-state index is 13.0. The first-order valence-corrected chi connectivity index (χ1v) is 8.45. The second-order valence-corrected chi connectivity index (χ2v) is 6.94. The molecule has 1 aliphatic heterocycles. The summed E-state index contributed by atoms with van der Waals surface area (Å²) < 4.78 is 13.0. The summed E-state index contributed by atoms with van der Waals surface area (Å²) >= 11 is 0. The van der Waals surface area contributed by atoms with Gasteiger partial charge in [0.25, 0.3) is 5.91 Å². The zero-order chi connectivity index (χ0) is 16.6. The van der Waals surface area contributed by atoms with Gasteiger partial charge in [-0.3, -0.25) is 9.89 Å². The Kier molecular flexibility index (Phi) is 3.84. The summed E-state index contributed by atoms with van der Waals surface area (Å²) in [6.45, 7) is 2.24. The predicted octanol–water partition coefficient (Wildman–Crippen LogP) is 1.95. The molecule has 2 heterocycles. The number of nitrogens with one attached hydrogen (secondary N) is 3. The number of benzene rings is 1. The number of carbonyl (C=O) groups excluding carboxylic acids is 1.